The van der Waals surface area contributed by atoms with Gasteiger partial charge in [0, 0.05) is 23.2 Å². The zero-order chi connectivity index (χ0) is 35.0. The summed E-state index contributed by atoms with van der Waals surface area (Å²) in [5.41, 5.74) is 1.34. The molecule has 0 radical (unpaired) electrons. The number of carbonyl (C=O) groups is 2. The Morgan fingerprint density at radius 1 is 0.617 bits per heavy atom. The van der Waals surface area contributed by atoms with Crippen LogP contribution in [-0.4, -0.2) is 101 Å². The van der Waals surface area contributed by atoms with Gasteiger partial charge in [-0.25, -0.2) is 13.7 Å². The maximum atomic E-state index is 12.5. The van der Waals surface area contributed by atoms with Crippen molar-refractivity contribution < 1.29 is 81.2 Å². The number of rotatable bonds is 17. The second-order valence-electron chi connectivity index (χ2n) is 10.4. The first-order valence-corrected chi connectivity index (χ1v) is 18.6. The van der Waals surface area contributed by atoms with E-state index >= 15 is 0 Å². The molecule has 7 atom stereocenters. The summed E-state index contributed by atoms with van der Waals surface area (Å²) in [6, 6.07) is 14.9. The molecule has 0 heterocycles. The van der Waals surface area contributed by atoms with E-state index in [1.165, 1.54) is 0 Å². The molecule has 18 nitrogen and oxygen atoms in total. The number of phosphoric ester groups is 3. The van der Waals surface area contributed by atoms with Gasteiger partial charge in [-0.1, -0.05) is 55.3 Å². The molecule has 0 saturated heterocycles. The first kappa shape index (κ1) is 39.2. The van der Waals surface area contributed by atoms with Gasteiger partial charge in [0.2, 0.25) is 0 Å². The van der Waals surface area contributed by atoms with E-state index in [1.54, 1.807) is 54.6 Å². The summed E-state index contributed by atoms with van der Waals surface area (Å²) in [6.07, 6.45) is -12.5. The van der Waals surface area contributed by atoms with Crippen LogP contribution in [0, 0.1) is 0 Å². The van der Waals surface area contributed by atoms with E-state index in [4.69, 9.17) is 28.6 Å². The summed E-state index contributed by atoms with van der Waals surface area (Å²) >= 11 is 0. The van der Waals surface area contributed by atoms with Crippen LogP contribution >= 0.6 is 23.5 Å². The van der Waals surface area contributed by atoms with Crippen molar-refractivity contribution in [2.45, 2.75) is 62.3 Å². The number of nitrogens with one attached hydrogen (secondary N) is 1. The highest BCUT2D eigenvalue weighted by molar-refractivity contribution is 7.47. The van der Waals surface area contributed by atoms with Crippen molar-refractivity contribution in [3.63, 3.8) is 0 Å². The molecule has 21 heteroatoms. The summed E-state index contributed by atoms with van der Waals surface area (Å²) in [7, 11) is -16.1. The van der Waals surface area contributed by atoms with Crippen LogP contribution in [0.25, 0.3) is 0 Å². The van der Waals surface area contributed by atoms with E-state index in [1.807, 2.05) is 0 Å². The van der Waals surface area contributed by atoms with Crippen molar-refractivity contribution in [3.05, 3.63) is 71.3 Å². The molecule has 2 aromatic rings. The highest BCUT2D eigenvalue weighted by Gasteiger charge is 2.56. The molecule has 2 aromatic carbocycles. The van der Waals surface area contributed by atoms with Crippen molar-refractivity contribution in [1.29, 1.82) is 0 Å². The topological polar surface area (TPSA) is 296 Å². The molecule has 1 aliphatic rings. The van der Waals surface area contributed by atoms with Crippen LogP contribution in [0.2, 0.25) is 0 Å². The molecule has 1 fully saturated rings. The summed E-state index contributed by atoms with van der Waals surface area (Å²) in [5.74, 6) is -0.505. The number of phosphoric acid groups is 3. The molecular weight excluding hydrogens is 691 g/mol. The summed E-state index contributed by atoms with van der Waals surface area (Å²) < 4.78 is 53.1. The lowest BCUT2D eigenvalue weighted by molar-refractivity contribution is -0.212. The van der Waals surface area contributed by atoms with Gasteiger partial charge in [-0.2, -0.15) is 0 Å². The average molecular weight is 727 g/mol. The van der Waals surface area contributed by atoms with Gasteiger partial charge in [0.05, 0.1) is 6.61 Å². The molecule has 0 aromatic heterocycles. The molecule has 262 valence electrons. The summed E-state index contributed by atoms with van der Waals surface area (Å²) in [4.78, 5) is 71.3. The van der Waals surface area contributed by atoms with Gasteiger partial charge in [-0.3, -0.25) is 27.7 Å². The van der Waals surface area contributed by atoms with Crippen molar-refractivity contribution >= 4 is 35.2 Å². The highest BCUT2D eigenvalue weighted by Crippen LogP contribution is 2.51. The molecule has 3 rings (SSSR count). The Morgan fingerprint density at radius 3 is 1.68 bits per heavy atom. The van der Waals surface area contributed by atoms with Crippen molar-refractivity contribution in [1.82, 2.24) is 5.32 Å². The molecule has 0 spiro atoms. The van der Waals surface area contributed by atoms with Crippen molar-refractivity contribution in [2.75, 3.05) is 13.2 Å². The van der Waals surface area contributed by atoms with Crippen LogP contribution in [0.15, 0.2) is 54.6 Å². The molecule has 1 unspecified atom stereocenters. The zero-order valence-corrected chi connectivity index (χ0v) is 27.2. The van der Waals surface area contributed by atoms with Gasteiger partial charge in [-0.15, -0.1) is 0 Å². The molecule has 0 bridgehead atoms. The first-order chi connectivity index (χ1) is 21.9. The van der Waals surface area contributed by atoms with E-state index in [0.29, 0.717) is 42.5 Å². The van der Waals surface area contributed by atoms with Gasteiger partial charge in [0.25, 0.3) is 5.91 Å². The SMILES string of the molecule is O=C(NCCCCCCOP(=O)(O)O[C@@H]1[C@H](O)[C@H](O)[C@@H](OP(=O)(O)O)[C@H](OP(=O)(O)O)[C@H]1O)c1ccc(C(=O)c2ccccc2)cc1. The minimum atomic E-state index is -5.51. The Bertz CT molecular complexity index is 1480. The number of benzene rings is 2. The Labute approximate surface area is 268 Å². The number of amides is 1. The largest absolute Gasteiger partial charge is 0.472 e. The first-order valence-electron chi connectivity index (χ1n) is 14.0. The minimum Gasteiger partial charge on any atom is -0.387 e. The lowest BCUT2D eigenvalue weighted by Gasteiger charge is -2.44. The maximum absolute atomic E-state index is 12.5. The van der Waals surface area contributed by atoms with Gasteiger partial charge in [0.15, 0.2) is 5.78 Å². The van der Waals surface area contributed by atoms with Gasteiger partial charge in [0.1, 0.15) is 36.6 Å². The van der Waals surface area contributed by atoms with E-state index in [-0.39, 0.29) is 24.7 Å². The maximum Gasteiger partial charge on any atom is 0.472 e. The van der Waals surface area contributed by atoms with Crippen LogP contribution in [0.4, 0.5) is 0 Å². The normalized spacial score (nSPS) is 24.8. The number of hydrogen-bond acceptors (Lipinski definition) is 12. The average Bonchev–Trinajstić information content (AvgIpc) is 3.00. The lowest BCUT2D eigenvalue weighted by Crippen LogP contribution is -2.65. The third kappa shape index (κ3) is 12.3. The van der Waals surface area contributed by atoms with E-state index in [9.17, 15) is 43.5 Å². The van der Waals surface area contributed by atoms with Crippen molar-refractivity contribution in [3.8, 4) is 0 Å². The number of aliphatic hydroxyl groups excluding tert-OH is 3. The number of ketones is 1. The third-order valence-corrected chi connectivity index (χ3v) is 8.90. The van der Waals surface area contributed by atoms with Gasteiger partial charge in [-0.05, 0) is 25.0 Å². The Kier molecular flexibility index (Phi) is 14.1. The quantitative estimate of drug-likeness (QED) is 0.0617. The van der Waals surface area contributed by atoms with Crippen LogP contribution in [0.1, 0.15) is 52.0 Å². The third-order valence-electron chi connectivity index (χ3n) is 6.85. The molecule has 1 aliphatic carbocycles. The Morgan fingerprint density at radius 2 is 1.11 bits per heavy atom. The minimum absolute atomic E-state index is 0.167. The second kappa shape index (κ2) is 16.9. The van der Waals surface area contributed by atoms with Gasteiger partial charge >= 0.3 is 23.5 Å². The summed E-state index contributed by atoms with van der Waals surface area (Å²) in [6.45, 7) is -0.0433. The smallest absolute Gasteiger partial charge is 0.387 e. The number of carbonyl (C=O) groups excluding carboxylic acids is 2. The van der Waals surface area contributed by atoms with E-state index in [2.05, 4.69) is 14.4 Å². The van der Waals surface area contributed by atoms with Crippen molar-refractivity contribution in [2.24, 2.45) is 0 Å². The Hall–Kier alpha value is -2.21. The molecular formula is C26H36NO17P3. The second-order valence-corrected chi connectivity index (χ2v) is 14.2. The molecule has 0 aliphatic heterocycles. The van der Waals surface area contributed by atoms with Crippen LogP contribution in [0.5, 0.6) is 0 Å². The summed E-state index contributed by atoms with van der Waals surface area (Å²) in [5, 5.41) is 33.7. The number of aliphatic hydroxyl groups is 3. The molecule has 47 heavy (non-hydrogen) atoms. The number of unbranched alkanes of at least 4 members (excludes halogenated alkanes) is 3. The molecule has 9 N–H and O–H groups in total. The lowest BCUT2D eigenvalue weighted by atomic mass is 9.85. The standard InChI is InChI=1S/C26H36NO17P3/c28-19(16-8-4-3-5-9-16)17-10-12-18(13-11-17)26(32)27-14-6-1-2-7-15-41-47(39,40)44-23-20(29)21(30)24(42-45(33,34)35)25(22(23)31)43-46(36,37)38/h3-5,8-13,20-25,29-31H,1-2,6-7,14-15H2,(H,27,32)(H,39,40)(H2,33,34,35)(H2,36,37,38)/t20-,21+,22+,23-,24-,25-/m1/s1. The predicted molar refractivity (Wildman–Crippen MR) is 160 cm³/mol. The fraction of sp³-hybridized carbons (Fsp3) is 0.462. The monoisotopic (exact) mass is 727 g/mol. The highest BCUT2D eigenvalue weighted by atomic mass is 31.2. The van der Waals surface area contributed by atoms with Gasteiger partial charge < -0.3 is 45.1 Å². The number of hydrogen-bond donors (Lipinski definition) is 9. The van der Waals surface area contributed by atoms with Crippen LogP contribution in [-0.2, 0) is 31.8 Å². The Balaban J connectivity index is 1.40. The zero-order valence-electron chi connectivity index (χ0n) is 24.5. The van der Waals surface area contributed by atoms with Crippen LogP contribution in [0.3, 0.4) is 0 Å². The molecule has 1 saturated carbocycles. The fourth-order valence-corrected chi connectivity index (χ4v) is 6.73. The van der Waals surface area contributed by atoms with E-state index < -0.39 is 60.1 Å². The van der Waals surface area contributed by atoms with E-state index in [0.717, 1.165) is 0 Å². The van der Waals surface area contributed by atoms with Crippen LogP contribution < -0.4 is 5.32 Å². The fourth-order valence-electron chi connectivity index (χ4n) is 4.63. The predicted octanol–water partition coefficient (Wildman–Crippen LogP) is 0.762. The molecule has 1 amide bonds.